The number of hydrogen-bond acceptors (Lipinski definition) is 4. The van der Waals surface area contributed by atoms with Gasteiger partial charge in [-0.2, -0.15) is 0 Å². The summed E-state index contributed by atoms with van der Waals surface area (Å²) in [5.74, 6) is 3.82. The highest BCUT2D eigenvalue weighted by Crippen LogP contribution is 2.16. The number of nitrogens with zero attached hydrogens (tertiary/aromatic N) is 1. The van der Waals surface area contributed by atoms with Crippen molar-refractivity contribution in [1.82, 2.24) is 10.3 Å². The third-order valence-electron chi connectivity index (χ3n) is 2.37. The number of carboxylic acids is 1. The Bertz CT molecular complexity index is 470. The van der Waals surface area contributed by atoms with Gasteiger partial charge < -0.3 is 15.2 Å². The molecule has 2 heterocycles. The van der Waals surface area contributed by atoms with Crippen molar-refractivity contribution in [2.45, 2.75) is 12.5 Å². The second kappa shape index (κ2) is 5.32. The Morgan fingerprint density at radius 2 is 2.53 bits per heavy atom. The second-order valence-corrected chi connectivity index (χ2v) is 3.64. The Hall–Kier alpha value is -2.06. The third kappa shape index (κ3) is 3.20. The van der Waals surface area contributed by atoms with E-state index in [1.165, 1.54) is 0 Å². The Labute approximate surface area is 98.8 Å². The number of aliphatic carboxylic acids is 1. The van der Waals surface area contributed by atoms with E-state index in [0.717, 1.165) is 19.5 Å². The average Bonchev–Trinajstić information content (AvgIpc) is 2.80. The summed E-state index contributed by atoms with van der Waals surface area (Å²) in [5, 5.41) is 11.7. The first-order valence-electron chi connectivity index (χ1n) is 5.33. The summed E-state index contributed by atoms with van der Waals surface area (Å²) in [6, 6.07) is 3.40. The van der Waals surface area contributed by atoms with Crippen molar-refractivity contribution in [3.05, 3.63) is 23.9 Å². The Morgan fingerprint density at radius 1 is 1.65 bits per heavy atom. The summed E-state index contributed by atoms with van der Waals surface area (Å²) >= 11 is 0. The van der Waals surface area contributed by atoms with E-state index in [1.54, 1.807) is 18.3 Å². The summed E-state index contributed by atoms with van der Waals surface area (Å²) < 4.78 is 5.67. The molecule has 0 bridgehead atoms. The van der Waals surface area contributed by atoms with E-state index in [9.17, 15) is 4.79 Å². The van der Waals surface area contributed by atoms with Crippen LogP contribution in [0.3, 0.4) is 0 Å². The van der Waals surface area contributed by atoms with Crippen LogP contribution in [0.15, 0.2) is 18.3 Å². The van der Waals surface area contributed by atoms with Crippen molar-refractivity contribution >= 4 is 5.97 Å². The van der Waals surface area contributed by atoms with E-state index >= 15 is 0 Å². The van der Waals surface area contributed by atoms with Gasteiger partial charge in [-0.15, -0.1) is 0 Å². The normalized spacial score (nSPS) is 18.2. The maximum Gasteiger partial charge on any atom is 0.382 e. The van der Waals surface area contributed by atoms with Crippen LogP contribution in [-0.2, 0) is 4.79 Å². The SMILES string of the molecule is O=C(O)C#Cc1cccnc1OC1CCNC1. The zero-order chi connectivity index (χ0) is 12.1. The largest absolute Gasteiger partial charge is 0.472 e. The molecule has 17 heavy (non-hydrogen) atoms. The Kier molecular flexibility index (Phi) is 3.58. The first-order valence-corrected chi connectivity index (χ1v) is 5.33. The lowest BCUT2D eigenvalue weighted by molar-refractivity contribution is -0.130. The average molecular weight is 232 g/mol. The molecule has 1 aromatic heterocycles. The van der Waals surface area contributed by atoms with Crippen LogP contribution >= 0.6 is 0 Å². The molecular formula is C12H12N2O3. The van der Waals surface area contributed by atoms with Gasteiger partial charge in [-0.05, 0) is 31.0 Å². The quantitative estimate of drug-likeness (QED) is 0.716. The molecule has 1 unspecified atom stereocenters. The minimum atomic E-state index is -1.16. The van der Waals surface area contributed by atoms with E-state index in [-0.39, 0.29) is 6.10 Å². The molecule has 0 spiro atoms. The van der Waals surface area contributed by atoms with Crippen LogP contribution in [0.25, 0.3) is 0 Å². The predicted octanol–water partition coefficient (Wildman–Crippen LogP) is 0.258. The molecule has 0 saturated carbocycles. The fourth-order valence-corrected chi connectivity index (χ4v) is 1.59. The lowest BCUT2D eigenvalue weighted by Crippen LogP contribution is -2.20. The van der Waals surface area contributed by atoms with Gasteiger partial charge in [0.2, 0.25) is 5.88 Å². The molecule has 0 amide bonds. The van der Waals surface area contributed by atoms with Crippen molar-refractivity contribution in [2.24, 2.45) is 0 Å². The molecule has 2 rings (SSSR count). The number of aromatic nitrogens is 1. The zero-order valence-corrected chi connectivity index (χ0v) is 9.14. The van der Waals surface area contributed by atoms with Crippen molar-refractivity contribution in [3.63, 3.8) is 0 Å². The molecule has 1 saturated heterocycles. The Balaban J connectivity index is 2.15. The maximum atomic E-state index is 10.4. The number of pyridine rings is 1. The highest BCUT2D eigenvalue weighted by molar-refractivity contribution is 5.87. The number of hydrogen-bond donors (Lipinski definition) is 2. The molecule has 1 aromatic rings. The van der Waals surface area contributed by atoms with Gasteiger partial charge in [0, 0.05) is 18.7 Å². The van der Waals surface area contributed by atoms with Crippen LogP contribution in [0.1, 0.15) is 12.0 Å². The number of ether oxygens (including phenoxy) is 1. The summed E-state index contributed by atoms with van der Waals surface area (Å²) in [6.07, 6.45) is 2.60. The van der Waals surface area contributed by atoms with E-state index < -0.39 is 5.97 Å². The number of carbonyl (C=O) groups is 1. The fraction of sp³-hybridized carbons (Fsp3) is 0.333. The van der Waals surface area contributed by atoms with Crippen LogP contribution in [0, 0.1) is 11.8 Å². The van der Waals surface area contributed by atoms with Crippen LogP contribution in [0.4, 0.5) is 0 Å². The van der Waals surface area contributed by atoms with Gasteiger partial charge in [-0.3, -0.25) is 0 Å². The van der Waals surface area contributed by atoms with Crippen LogP contribution in [0.2, 0.25) is 0 Å². The van der Waals surface area contributed by atoms with Gasteiger partial charge in [0.25, 0.3) is 0 Å². The van der Waals surface area contributed by atoms with Gasteiger partial charge in [-0.25, -0.2) is 9.78 Å². The van der Waals surface area contributed by atoms with Crippen LogP contribution in [-0.4, -0.2) is 35.3 Å². The monoisotopic (exact) mass is 232 g/mol. The van der Waals surface area contributed by atoms with E-state index in [2.05, 4.69) is 22.1 Å². The summed E-state index contributed by atoms with van der Waals surface area (Å²) in [7, 11) is 0. The van der Waals surface area contributed by atoms with Gasteiger partial charge in [-0.1, -0.05) is 0 Å². The van der Waals surface area contributed by atoms with Gasteiger partial charge >= 0.3 is 5.97 Å². The molecule has 1 aliphatic rings. The van der Waals surface area contributed by atoms with Crippen molar-refractivity contribution in [2.75, 3.05) is 13.1 Å². The standard InChI is InChI=1S/C12H12N2O3/c15-11(16)4-3-9-2-1-6-14-12(9)17-10-5-7-13-8-10/h1-2,6,10,13H,5,7-8H2,(H,15,16). The highest BCUT2D eigenvalue weighted by atomic mass is 16.5. The Morgan fingerprint density at radius 3 is 3.24 bits per heavy atom. The minimum Gasteiger partial charge on any atom is -0.472 e. The smallest absolute Gasteiger partial charge is 0.382 e. The molecular weight excluding hydrogens is 220 g/mol. The molecule has 1 fully saturated rings. The van der Waals surface area contributed by atoms with Crippen LogP contribution < -0.4 is 10.1 Å². The van der Waals surface area contributed by atoms with Crippen molar-refractivity contribution in [1.29, 1.82) is 0 Å². The van der Waals surface area contributed by atoms with Gasteiger partial charge in [0.05, 0.1) is 5.56 Å². The fourth-order valence-electron chi connectivity index (χ4n) is 1.59. The second-order valence-electron chi connectivity index (χ2n) is 3.64. The lowest BCUT2D eigenvalue weighted by atomic mass is 10.2. The lowest BCUT2D eigenvalue weighted by Gasteiger charge is -2.12. The first-order chi connectivity index (χ1) is 8.25. The molecule has 0 aromatic carbocycles. The topological polar surface area (TPSA) is 71.5 Å². The van der Waals surface area contributed by atoms with Crippen molar-refractivity contribution in [3.8, 4) is 17.7 Å². The summed E-state index contributed by atoms with van der Waals surface area (Å²) in [6.45, 7) is 1.70. The number of rotatable bonds is 2. The molecule has 1 aliphatic heterocycles. The molecule has 5 heteroatoms. The summed E-state index contributed by atoms with van der Waals surface area (Å²) in [4.78, 5) is 14.5. The molecule has 0 aliphatic carbocycles. The molecule has 88 valence electrons. The molecule has 2 N–H and O–H groups in total. The molecule has 0 radical (unpaired) electrons. The highest BCUT2D eigenvalue weighted by Gasteiger charge is 2.17. The van der Waals surface area contributed by atoms with Crippen molar-refractivity contribution < 1.29 is 14.6 Å². The van der Waals surface area contributed by atoms with E-state index in [0.29, 0.717) is 11.4 Å². The molecule has 5 nitrogen and oxygen atoms in total. The maximum absolute atomic E-state index is 10.4. The molecule has 1 atom stereocenters. The van der Waals surface area contributed by atoms with Gasteiger partial charge in [0.1, 0.15) is 6.10 Å². The number of carboxylic acid groups (broad SMARTS) is 1. The third-order valence-corrected chi connectivity index (χ3v) is 2.37. The summed E-state index contributed by atoms with van der Waals surface area (Å²) in [5.41, 5.74) is 0.502. The van der Waals surface area contributed by atoms with E-state index in [4.69, 9.17) is 9.84 Å². The van der Waals surface area contributed by atoms with Gasteiger partial charge in [0.15, 0.2) is 0 Å². The van der Waals surface area contributed by atoms with E-state index in [1.807, 2.05) is 0 Å². The van der Waals surface area contributed by atoms with Crippen LogP contribution in [0.5, 0.6) is 5.88 Å². The minimum absolute atomic E-state index is 0.0790. The predicted molar refractivity (Wildman–Crippen MR) is 60.7 cm³/mol. The zero-order valence-electron chi connectivity index (χ0n) is 9.14. The number of nitrogens with one attached hydrogen (secondary N) is 1. The first kappa shape index (κ1) is 11.4.